The molecular weight excluding hydrogens is 446 g/mol. The van der Waals surface area contributed by atoms with Crippen molar-refractivity contribution in [2.75, 3.05) is 51.5 Å². The molecule has 1 unspecified atom stereocenters. The van der Waals surface area contributed by atoms with Crippen LogP contribution in [0.2, 0.25) is 0 Å². The van der Waals surface area contributed by atoms with Crippen LogP contribution < -0.4 is 5.32 Å². The fourth-order valence-electron chi connectivity index (χ4n) is 3.83. The van der Waals surface area contributed by atoms with Crippen molar-refractivity contribution in [3.8, 4) is 6.07 Å². The van der Waals surface area contributed by atoms with Crippen molar-refractivity contribution in [3.05, 3.63) is 35.2 Å². The van der Waals surface area contributed by atoms with Gasteiger partial charge in [-0.05, 0) is 11.6 Å². The number of anilines is 1. The Bertz CT molecular complexity index is 1270. The summed E-state index contributed by atoms with van der Waals surface area (Å²) in [4.78, 5) is 26.3. The molecule has 1 amide bonds. The molecule has 2 N–H and O–H groups in total. The number of nitrogens with zero attached hydrogens (tertiary/aromatic N) is 5. The van der Waals surface area contributed by atoms with Gasteiger partial charge in [0.05, 0.1) is 30.7 Å². The molecule has 2 aromatic heterocycles. The van der Waals surface area contributed by atoms with Gasteiger partial charge in [0.25, 0.3) is 5.91 Å². The lowest BCUT2D eigenvalue weighted by Gasteiger charge is -2.27. The van der Waals surface area contributed by atoms with Crippen molar-refractivity contribution < 1.29 is 17.9 Å². The number of ether oxygens (including phenoxy) is 1. The monoisotopic (exact) mass is 471 g/mol. The van der Waals surface area contributed by atoms with Crippen LogP contribution in [-0.4, -0.2) is 92.0 Å². The molecule has 11 nitrogen and oxygen atoms in total. The van der Waals surface area contributed by atoms with Crippen LogP contribution in [0, 0.1) is 11.3 Å². The Labute approximate surface area is 191 Å². The molecule has 0 bridgehead atoms. The number of likely N-dealkylation sites (N-methyl/N-ethyl adjacent to an activating group) is 1. The van der Waals surface area contributed by atoms with Crippen LogP contribution in [-0.2, 0) is 14.8 Å². The Morgan fingerprint density at radius 3 is 2.88 bits per heavy atom. The van der Waals surface area contributed by atoms with Gasteiger partial charge in [-0.25, -0.2) is 13.4 Å². The number of aromatic nitrogens is 2. The second-order valence-corrected chi connectivity index (χ2v) is 9.90. The van der Waals surface area contributed by atoms with Crippen LogP contribution in [0.4, 0.5) is 5.69 Å². The normalized spacial score (nSPS) is 18.9. The van der Waals surface area contributed by atoms with E-state index in [0.717, 1.165) is 11.8 Å². The highest BCUT2D eigenvalue weighted by Crippen LogP contribution is 2.28. The van der Waals surface area contributed by atoms with E-state index in [1.165, 1.54) is 17.5 Å². The number of carbonyl (C=O) groups is 1. The molecule has 1 atom stereocenters. The molecule has 4 heterocycles. The van der Waals surface area contributed by atoms with E-state index in [1.807, 2.05) is 6.08 Å². The van der Waals surface area contributed by atoms with E-state index in [4.69, 9.17) is 4.74 Å². The van der Waals surface area contributed by atoms with Crippen LogP contribution >= 0.6 is 0 Å². The van der Waals surface area contributed by atoms with E-state index in [9.17, 15) is 18.5 Å². The number of sulfonamides is 1. The highest BCUT2D eigenvalue weighted by Gasteiger charge is 2.27. The number of nitriles is 1. The predicted octanol–water partition coefficient (Wildman–Crippen LogP) is 0.937. The van der Waals surface area contributed by atoms with Gasteiger partial charge < -0.3 is 19.9 Å². The molecule has 0 radical (unpaired) electrons. The second-order valence-electron chi connectivity index (χ2n) is 7.86. The molecular formula is C21H25N7O4S. The Morgan fingerprint density at radius 2 is 2.18 bits per heavy atom. The lowest BCUT2D eigenvalue weighted by atomic mass is 10.1. The number of rotatable bonds is 6. The number of nitrogens with one attached hydrogen (secondary N) is 2. The van der Waals surface area contributed by atoms with Gasteiger partial charge in [0, 0.05) is 50.9 Å². The Hall–Kier alpha value is -3.27. The molecule has 1 saturated heterocycles. The lowest BCUT2D eigenvalue weighted by molar-refractivity contribution is 0.0299. The van der Waals surface area contributed by atoms with Gasteiger partial charge in [-0.1, -0.05) is 6.08 Å². The average molecular weight is 472 g/mol. The van der Waals surface area contributed by atoms with Gasteiger partial charge in [-0.2, -0.15) is 9.57 Å². The van der Waals surface area contributed by atoms with E-state index in [1.54, 1.807) is 17.2 Å². The molecule has 2 aromatic rings. The van der Waals surface area contributed by atoms with E-state index in [0.29, 0.717) is 60.7 Å². The summed E-state index contributed by atoms with van der Waals surface area (Å²) in [5, 5.41) is 13.5. The zero-order chi connectivity index (χ0) is 23.6. The number of allylic oxidation sites excluding steroid dienone is 1. The highest BCUT2D eigenvalue weighted by molar-refractivity contribution is 7.88. The summed E-state index contributed by atoms with van der Waals surface area (Å²) in [6, 6.07) is 3.82. The van der Waals surface area contributed by atoms with Crippen LogP contribution in [0.25, 0.3) is 11.0 Å². The summed E-state index contributed by atoms with van der Waals surface area (Å²) in [7, 11) is -1.97. The zero-order valence-corrected chi connectivity index (χ0v) is 19.2. The zero-order valence-electron chi connectivity index (χ0n) is 18.4. The first-order valence-corrected chi connectivity index (χ1v) is 12.3. The molecule has 12 heteroatoms. The van der Waals surface area contributed by atoms with E-state index in [-0.39, 0.29) is 12.5 Å². The van der Waals surface area contributed by atoms with Crippen LogP contribution in [0.15, 0.2) is 28.9 Å². The number of pyridine rings is 1. The van der Waals surface area contributed by atoms with Gasteiger partial charge in [0.1, 0.15) is 23.6 Å². The van der Waals surface area contributed by atoms with E-state index >= 15 is 0 Å². The number of aromatic amines is 1. The molecule has 0 aliphatic carbocycles. The predicted molar refractivity (Wildman–Crippen MR) is 124 cm³/mol. The molecule has 0 saturated carbocycles. The summed E-state index contributed by atoms with van der Waals surface area (Å²) in [6.07, 6.45) is 6.10. The molecule has 4 rings (SSSR count). The third-order valence-electron chi connectivity index (χ3n) is 5.71. The fourth-order valence-corrected chi connectivity index (χ4v) is 4.38. The maximum atomic E-state index is 12.9. The topological polar surface area (TPSA) is 144 Å². The minimum atomic E-state index is -3.45. The van der Waals surface area contributed by atoms with Crippen molar-refractivity contribution in [1.82, 2.24) is 19.2 Å². The van der Waals surface area contributed by atoms with Crippen LogP contribution in [0.1, 0.15) is 22.5 Å². The molecule has 0 spiro atoms. The summed E-state index contributed by atoms with van der Waals surface area (Å²) in [5.74, 6) is -0.153. The molecule has 2 aliphatic heterocycles. The number of fused-ring (bicyclic) bond motifs is 1. The number of amides is 1. The molecule has 1 fully saturated rings. The van der Waals surface area contributed by atoms with Crippen molar-refractivity contribution in [3.63, 3.8) is 0 Å². The van der Waals surface area contributed by atoms with Gasteiger partial charge in [0.15, 0.2) is 0 Å². The maximum Gasteiger partial charge on any atom is 0.270 e. The lowest BCUT2D eigenvalue weighted by Crippen LogP contribution is -2.40. The minimum absolute atomic E-state index is 0.153. The van der Waals surface area contributed by atoms with Crippen molar-refractivity contribution in [1.29, 1.82) is 5.26 Å². The van der Waals surface area contributed by atoms with Gasteiger partial charge in [-0.15, -0.1) is 0 Å². The first-order chi connectivity index (χ1) is 15.8. The number of H-pyrrole nitrogens is 1. The smallest absolute Gasteiger partial charge is 0.270 e. The number of morpholine rings is 1. The third-order valence-corrected chi connectivity index (χ3v) is 6.95. The Kier molecular flexibility index (Phi) is 6.46. The SMILES string of the molecule is CN(C1N=CCC=C1CNc1c(C#N)cnc2[nH]c(C(=O)N3CCOCC3)cc12)S(C)(=O)=O. The highest BCUT2D eigenvalue weighted by atomic mass is 32.2. The van der Waals surface area contributed by atoms with Crippen molar-refractivity contribution in [2.24, 2.45) is 4.99 Å². The summed E-state index contributed by atoms with van der Waals surface area (Å²) >= 11 is 0. The Balaban J connectivity index is 1.61. The van der Waals surface area contributed by atoms with Crippen LogP contribution in [0.3, 0.4) is 0 Å². The standard InChI is InChI=1S/C21H25N7O4S/c1-27(33(2,30)31)20-14(4-3-5-23-20)12-24-18-15(11-22)13-25-19-16(18)10-17(26-19)21(29)28-6-8-32-9-7-28/h4-5,10,13,20H,3,6-9,12H2,1-2H3,(H2,24,25,26). The Morgan fingerprint density at radius 1 is 1.42 bits per heavy atom. The fraction of sp³-hybridized carbons (Fsp3) is 0.429. The first-order valence-electron chi connectivity index (χ1n) is 10.5. The summed E-state index contributed by atoms with van der Waals surface area (Å²) < 4.78 is 30.6. The van der Waals surface area contributed by atoms with E-state index in [2.05, 4.69) is 26.3 Å². The number of carbonyl (C=O) groups excluding carboxylic acids is 1. The van der Waals surface area contributed by atoms with Crippen LogP contribution in [0.5, 0.6) is 0 Å². The number of dihydropyridines is 1. The number of hydrogen-bond donors (Lipinski definition) is 2. The molecule has 2 aliphatic rings. The van der Waals surface area contributed by atoms with Gasteiger partial charge >= 0.3 is 0 Å². The summed E-state index contributed by atoms with van der Waals surface area (Å²) in [6.45, 7) is 2.29. The van der Waals surface area contributed by atoms with Gasteiger partial charge in [-0.3, -0.25) is 9.79 Å². The number of hydrogen-bond acceptors (Lipinski definition) is 8. The molecule has 33 heavy (non-hydrogen) atoms. The largest absolute Gasteiger partial charge is 0.379 e. The quantitative estimate of drug-likeness (QED) is 0.597. The van der Waals surface area contributed by atoms with E-state index < -0.39 is 16.2 Å². The average Bonchev–Trinajstić information content (AvgIpc) is 3.26. The summed E-state index contributed by atoms with van der Waals surface area (Å²) in [5.41, 5.74) is 2.47. The van der Waals surface area contributed by atoms with Crippen molar-refractivity contribution >= 4 is 38.9 Å². The first kappa shape index (κ1) is 22.9. The van der Waals surface area contributed by atoms with Crippen molar-refractivity contribution in [2.45, 2.75) is 12.6 Å². The minimum Gasteiger partial charge on any atom is -0.379 e. The third kappa shape index (κ3) is 4.75. The second kappa shape index (κ2) is 9.30. The maximum absolute atomic E-state index is 12.9. The molecule has 0 aromatic carbocycles. The molecule has 174 valence electrons. The number of aliphatic imine (C=N–C) groups is 1. The van der Waals surface area contributed by atoms with Gasteiger partial charge in [0.2, 0.25) is 10.0 Å².